The van der Waals surface area contributed by atoms with Gasteiger partial charge in [0, 0.05) is 13.1 Å². The number of nitrogens with one attached hydrogen (secondary N) is 4. The molecule has 0 saturated carbocycles. The zero-order valence-electron chi connectivity index (χ0n) is 23.9. The molecule has 4 heterocycles. The summed E-state index contributed by atoms with van der Waals surface area (Å²) in [6.07, 6.45) is 6.07. The molecule has 0 aliphatic carbocycles. The first-order chi connectivity index (χ1) is 20.5. The van der Waals surface area contributed by atoms with E-state index in [4.69, 9.17) is 5.10 Å². The van der Waals surface area contributed by atoms with Crippen LogP contribution in [0.4, 0.5) is 10.1 Å². The number of aromatic amines is 2. The fourth-order valence-electron chi connectivity index (χ4n) is 5.11. The number of halogens is 2. The van der Waals surface area contributed by atoms with Crippen LogP contribution in [-0.4, -0.2) is 58.8 Å². The Kier molecular flexibility index (Phi) is 8.50. The van der Waals surface area contributed by atoms with Gasteiger partial charge in [0.05, 0.1) is 0 Å². The number of aromatic nitrogens is 4. The number of rotatable bonds is 10. The van der Waals surface area contributed by atoms with Gasteiger partial charge in [0.2, 0.25) is 0 Å². The van der Waals surface area contributed by atoms with E-state index in [0.29, 0.717) is 0 Å². The molecule has 5 aromatic rings. The fourth-order valence-corrected chi connectivity index (χ4v) is 7.05. The van der Waals surface area contributed by atoms with E-state index in [2.05, 4.69) is 70.0 Å². The molecule has 9 heteroatoms. The van der Waals surface area contributed by atoms with Crippen molar-refractivity contribution in [3.05, 3.63) is 92.5 Å². The number of anilines is 1. The van der Waals surface area contributed by atoms with Gasteiger partial charge in [-0.05, 0) is 14.1 Å². The normalized spacial score (nSPS) is 13.1. The van der Waals surface area contributed by atoms with Crippen LogP contribution in [0.15, 0.2) is 65.0 Å². The Morgan fingerprint density at radius 2 is 1.93 bits per heavy atom. The SMILES string of the molecule is CCNCc1cncc(C2=C[I-]C=c3[nH]nc(-c4cc5c(-c6cc(F)cc(NCCN(C)C)c6)cccc5[nH]4)c3=C2)c1. The van der Waals surface area contributed by atoms with Crippen molar-refractivity contribution in [2.75, 3.05) is 39.0 Å². The van der Waals surface area contributed by atoms with Crippen LogP contribution in [0, 0.1) is 5.82 Å². The summed E-state index contributed by atoms with van der Waals surface area (Å²) in [5.74, 6) is -0.262. The zero-order valence-corrected chi connectivity index (χ0v) is 26.1. The van der Waals surface area contributed by atoms with Gasteiger partial charge in [-0.25, -0.2) is 0 Å². The van der Waals surface area contributed by atoms with Crippen molar-refractivity contribution in [1.82, 2.24) is 30.4 Å². The van der Waals surface area contributed by atoms with Crippen LogP contribution in [-0.2, 0) is 6.54 Å². The third-order valence-electron chi connectivity index (χ3n) is 7.21. The first-order valence-corrected chi connectivity index (χ1v) is 16.5. The molecule has 7 nitrogen and oxygen atoms in total. The molecule has 0 bridgehead atoms. The molecule has 0 radical (unpaired) electrons. The maximum atomic E-state index is 14.7. The van der Waals surface area contributed by atoms with Crippen molar-refractivity contribution in [2.24, 2.45) is 0 Å². The van der Waals surface area contributed by atoms with E-state index in [1.165, 1.54) is 5.56 Å². The van der Waals surface area contributed by atoms with Crippen LogP contribution >= 0.6 is 0 Å². The monoisotopic (exact) mass is 674 g/mol. The minimum atomic E-state index is -0.305. The van der Waals surface area contributed by atoms with Crippen LogP contribution in [0.25, 0.3) is 49.1 Å². The fraction of sp³-hybridized carbons (Fsp3) is 0.212. The summed E-state index contributed by atoms with van der Waals surface area (Å²) in [5, 5.41) is 17.9. The summed E-state index contributed by atoms with van der Waals surface area (Å²) in [7, 11) is 4.05. The van der Waals surface area contributed by atoms with Crippen LogP contribution in [0.2, 0.25) is 0 Å². The summed E-state index contributed by atoms with van der Waals surface area (Å²) >= 11 is -0.305. The van der Waals surface area contributed by atoms with Crippen molar-refractivity contribution in [3.8, 4) is 22.5 Å². The molecular formula is C33H34FIN7-. The molecular weight excluding hydrogens is 640 g/mol. The molecule has 2 aromatic carbocycles. The van der Waals surface area contributed by atoms with Gasteiger partial charge in [-0.2, -0.15) is 0 Å². The molecule has 216 valence electrons. The van der Waals surface area contributed by atoms with Crippen LogP contribution in [0.3, 0.4) is 0 Å². The van der Waals surface area contributed by atoms with E-state index in [1.54, 1.807) is 12.1 Å². The van der Waals surface area contributed by atoms with Gasteiger partial charge in [-0.1, -0.05) is 0 Å². The topological polar surface area (TPSA) is 84.7 Å². The second-order valence-electron chi connectivity index (χ2n) is 10.6. The average molecular weight is 675 g/mol. The summed E-state index contributed by atoms with van der Waals surface area (Å²) in [6.45, 7) is 5.42. The number of H-pyrrole nitrogens is 2. The minimum absolute atomic E-state index is 0.262. The van der Waals surface area contributed by atoms with E-state index >= 15 is 0 Å². The van der Waals surface area contributed by atoms with Crippen molar-refractivity contribution in [2.45, 2.75) is 13.5 Å². The predicted molar refractivity (Wildman–Crippen MR) is 166 cm³/mol. The molecule has 0 atom stereocenters. The van der Waals surface area contributed by atoms with Gasteiger partial charge < -0.3 is 4.90 Å². The Labute approximate surface area is 254 Å². The molecule has 0 spiro atoms. The van der Waals surface area contributed by atoms with E-state index in [1.807, 2.05) is 44.7 Å². The Hall–Kier alpha value is -3.80. The number of hydrogen-bond acceptors (Lipinski definition) is 5. The van der Waals surface area contributed by atoms with E-state index in [9.17, 15) is 4.39 Å². The number of pyridine rings is 1. The zero-order chi connectivity index (χ0) is 29.1. The Morgan fingerprint density at radius 1 is 1.02 bits per heavy atom. The molecule has 1 aliphatic heterocycles. The van der Waals surface area contributed by atoms with Crippen LogP contribution in [0.5, 0.6) is 0 Å². The van der Waals surface area contributed by atoms with Gasteiger partial charge in [-0.15, -0.1) is 0 Å². The first kappa shape index (κ1) is 28.3. The summed E-state index contributed by atoms with van der Waals surface area (Å²) < 4.78 is 19.3. The molecule has 3 aromatic heterocycles. The number of fused-ring (bicyclic) bond motifs is 2. The number of likely N-dealkylation sites (N-methyl/N-ethyl adjacent to an activating group) is 1. The average Bonchev–Trinajstić information content (AvgIpc) is 3.53. The Balaban J connectivity index is 1.38. The predicted octanol–water partition coefficient (Wildman–Crippen LogP) is 1.50. The number of hydrogen-bond donors (Lipinski definition) is 4. The molecule has 0 saturated heterocycles. The molecule has 0 fully saturated rings. The molecule has 0 unspecified atom stereocenters. The van der Waals surface area contributed by atoms with Gasteiger partial charge in [0.25, 0.3) is 0 Å². The molecule has 6 rings (SSSR count). The Bertz CT molecular complexity index is 1890. The van der Waals surface area contributed by atoms with Crippen molar-refractivity contribution < 1.29 is 25.6 Å². The number of benzene rings is 2. The molecule has 0 amide bonds. The third-order valence-corrected chi connectivity index (χ3v) is 9.22. The van der Waals surface area contributed by atoms with E-state index in [0.717, 1.165) is 87.0 Å². The maximum absolute atomic E-state index is 14.7. The number of allylic oxidation sites excluding steroid dienone is 1. The van der Waals surface area contributed by atoms with Gasteiger partial charge in [-0.3, -0.25) is 0 Å². The third kappa shape index (κ3) is 6.18. The number of nitrogens with zero attached hydrogens (tertiary/aromatic N) is 3. The Morgan fingerprint density at radius 3 is 2.79 bits per heavy atom. The second kappa shape index (κ2) is 12.6. The summed E-state index contributed by atoms with van der Waals surface area (Å²) in [6, 6.07) is 15.6. The van der Waals surface area contributed by atoms with Crippen LogP contribution in [0.1, 0.15) is 18.1 Å². The standard InChI is InChI=1S/C33H34FIN7/c1-4-36-18-21-10-24(20-37-19-21)23-13-29-32(17-35-16-23)40-41-33(29)31-15-28-27(6-5-7-30(28)39-31)22-11-25(34)14-26(12-22)38-8-9-42(2)3/h5-7,10-17,19-20,36,38-40H,4,8-9,18H2,1-3H3/q-1. The van der Waals surface area contributed by atoms with Crippen molar-refractivity contribution in [3.63, 3.8) is 0 Å². The van der Waals surface area contributed by atoms with Crippen LogP contribution < -0.4 is 42.4 Å². The molecule has 1 aliphatic rings. The quantitative estimate of drug-likeness (QED) is 0.169. The van der Waals surface area contributed by atoms with Gasteiger partial charge in [0.1, 0.15) is 0 Å². The van der Waals surface area contributed by atoms with Crippen molar-refractivity contribution in [1.29, 1.82) is 0 Å². The molecule has 4 N–H and O–H groups in total. The second-order valence-corrected chi connectivity index (χ2v) is 12.6. The van der Waals surface area contributed by atoms with Gasteiger partial charge in [0.15, 0.2) is 0 Å². The molecule has 42 heavy (non-hydrogen) atoms. The summed E-state index contributed by atoms with van der Waals surface area (Å²) in [5.41, 5.74) is 8.77. The van der Waals surface area contributed by atoms with Crippen molar-refractivity contribution >= 4 is 32.3 Å². The summed E-state index contributed by atoms with van der Waals surface area (Å²) in [4.78, 5) is 10.2. The van der Waals surface area contributed by atoms with Gasteiger partial charge >= 0.3 is 224 Å². The van der Waals surface area contributed by atoms with E-state index in [-0.39, 0.29) is 27.0 Å². The van der Waals surface area contributed by atoms with E-state index < -0.39 is 0 Å². The first-order valence-electron chi connectivity index (χ1n) is 14.0.